The number of likely N-dealkylation sites (N-methyl/N-ethyl adjacent to an activating group) is 1. The average molecular weight is 476 g/mol. The Balaban J connectivity index is -0.0000000610. The molecule has 1 aromatic rings. The minimum Gasteiger partial charge on any atom is -0.660 e. The van der Waals surface area contributed by atoms with Gasteiger partial charge in [0.15, 0.2) is 0 Å². The summed E-state index contributed by atoms with van der Waals surface area (Å²) in [5.74, 6) is 0. The Morgan fingerprint density at radius 1 is 0.679 bits per heavy atom. The van der Waals surface area contributed by atoms with Crippen LogP contribution in [0, 0.1) is 7.43 Å². The van der Waals surface area contributed by atoms with Gasteiger partial charge >= 0.3 is 0 Å². The third-order valence-electron chi connectivity index (χ3n) is 3.23. The van der Waals surface area contributed by atoms with Crippen LogP contribution in [-0.2, 0) is 45.8 Å². The Labute approximate surface area is 205 Å². The number of nitrogens with zero attached hydrogens (tertiary/aromatic N) is 4. The Morgan fingerprint density at radius 3 is 1.14 bits per heavy atom. The van der Waals surface area contributed by atoms with Gasteiger partial charge in [-0.2, -0.15) is 9.13 Å². The molecule has 1 fully saturated rings. The fourth-order valence-electron chi connectivity index (χ4n) is 1.83. The molecule has 1 aromatic heterocycles. The first kappa shape index (κ1) is 42.3. The molecule has 0 saturated carbocycles. The first-order chi connectivity index (χ1) is 12.8. The molecule has 0 amide bonds. The molecule has 0 N–H and O–H groups in total. The zero-order chi connectivity index (χ0) is 21.2. The van der Waals surface area contributed by atoms with Crippen molar-refractivity contribution in [1.82, 2.24) is 4.90 Å². The van der Waals surface area contributed by atoms with Crippen molar-refractivity contribution < 1.29 is 41.8 Å². The normalized spacial score (nSPS) is 11.1. The first-order valence-corrected chi connectivity index (χ1v) is 11.0. The summed E-state index contributed by atoms with van der Waals surface area (Å²) in [7, 11) is 0. The van der Waals surface area contributed by atoms with E-state index in [-0.39, 0.29) is 40.1 Å². The second-order valence-corrected chi connectivity index (χ2v) is 4.36. The second-order valence-electron chi connectivity index (χ2n) is 4.36. The standard InChI is InChI=1S/C8H14N2.C6H13N2.4C2H6.CH3.Y/c1-3-9-5-7-10(4-2)8-6-9;1-2-8-5-3-7-4-6-8;4*1-2;;/h5-8H,3-4H2,1-2H3;2-6H2,1H3;4*1-2H3;1H3;/q+2;-1;;;;;-1;. The third kappa shape index (κ3) is 28.3. The molecule has 1 saturated heterocycles. The van der Waals surface area contributed by atoms with Crippen molar-refractivity contribution in [3.63, 3.8) is 0 Å². The van der Waals surface area contributed by atoms with Crippen LogP contribution in [0.4, 0.5) is 0 Å². The topological polar surface area (TPSA) is 25.1 Å². The maximum atomic E-state index is 4.23. The maximum absolute atomic E-state index is 4.23. The number of rotatable bonds is 3. The van der Waals surface area contributed by atoms with Crippen LogP contribution >= 0.6 is 0 Å². The number of hydrogen-bond donors (Lipinski definition) is 0. The summed E-state index contributed by atoms with van der Waals surface area (Å²) in [6.45, 7) is 30.2. The summed E-state index contributed by atoms with van der Waals surface area (Å²) in [5, 5.41) is 4.23. The molecule has 169 valence electrons. The van der Waals surface area contributed by atoms with Crippen LogP contribution in [0.2, 0.25) is 0 Å². The van der Waals surface area contributed by atoms with E-state index >= 15 is 0 Å². The van der Waals surface area contributed by atoms with Crippen molar-refractivity contribution in [2.24, 2.45) is 0 Å². The van der Waals surface area contributed by atoms with Crippen molar-refractivity contribution in [2.45, 2.75) is 89.3 Å². The summed E-state index contributed by atoms with van der Waals surface area (Å²) >= 11 is 0. The predicted molar refractivity (Wildman–Crippen MR) is 125 cm³/mol. The fourth-order valence-corrected chi connectivity index (χ4v) is 1.83. The molecule has 28 heavy (non-hydrogen) atoms. The fraction of sp³-hybridized carbons (Fsp3) is 0.783. The number of aryl methyl sites for hydroxylation is 2. The minimum absolute atomic E-state index is 0. The summed E-state index contributed by atoms with van der Waals surface area (Å²) < 4.78 is 4.29. The predicted octanol–water partition coefficient (Wildman–Crippen LogP) is 5.55. The van der Waals surface area contributed by atoms with Gasteiger partial charge < -0.3 is 17.6 Å². The van der Waals surface area contributed by atoms with Crippen LogP contribution in [0.15, 0.2) is 24.8 Å². The van der Waals surface area contributed by atoms with E-state index in [4.69, 9.17) is 0 Å². The molecule has 0 unspecified atom stereocenters. The number of aromatic nitrogens is 2. The molecular formula is C23H54N4Y. The van der Waals surface area contributed by atoms with E-state index in [0.717, 1.165) is 26.2 Å². The van der Waals surface area contributed by atoms with E-state index in [9.17, 15) is 0 Å². The van der Waals surface area contributed by atoms with Gasteiger partial charge in [-0.05, 0) is 33.5 Å². The van der Waals surface area contributed by atoms with Gasteiger partial charge in [-0.15, -0.1) is 13.1 Å². The van der Waals surface area contributed by atoms with Gasteiger partial charge in [0.25, 0.3) is 0 Å². The summed E-state index contributed by atoms with van der Waals surface area (Å²) in [4.78, 5) is 2.42. The van der Waals surface area contributed by atoms with E-state index < -0.39 is 0 Å². The zero-order valence-electron chi connectivity index (χ0n) is 21.6. The van der Waals surface area contributed by atoms with E-state index in [0.29, 0.717) is 0 Å². The molecule has 0 spiro atoms. The molecule has 1 radical (unpaired) electrons. The number of hydrogen-bond acceptors (Lipinski definition) is 1. The quantitative estimate of drug-likeness (QED) is 0.416. The van der Waals surface area contributed by atoms with E-state index in [1.54, 1.807) is 0 Å². The number of piperazine rings is 1. The Morgan fingerprint density at radius 2 is 0.964 bits per heavy atom. The first-order valence-electron chi connectivity index (χ1n) is 11.0. The monoisotopic (exact) mass is 475 g/mol. The van der Waals surface area contributed by atoms with Crippen molar-refractivity contribution in [1.29, 1.82) is 0 Å². The van der Waals surface area contributed by atoms with Crippen LogP contribution in [0.3, 0.4) is 0 Å². The van der Waals surface area contributed by atoms with Crippen LogP contribution in [0.25, 0.3) is 5.32 Å². The van der Waals surface area contributed by atoms with Gasteiger partial charge in [0, 0.05) is 32.7 Å². The summed E-state index contributed by atoms with van der Waals surface area (Å²) in [6.07, 6.45) is 8.35. The molecule has 0 bridgehead atoms. The maximum Gasteiger partial charge on any atom is 0.233 e. The molecule has 1 aliphatic rings. The van der Waals surface area contributed by atoms with Gasteiger partial charge in [-0.3, -0.25) is 0 Å². The summed E-state index contributed by atoms with van der Waals surface area (Å²) in [5.41, 5.74) is 0. The van der Waals surface area contributed by atoms with Gasteiger partial charge in [0.1, 0.15) is 13.1 Å². The van der Waals surface area contributed by atoms with Crippen molar-refractivity contribution in [3.8, 4) is 0 Å². The molecule has 2 rings (SSSR count). The van der Waals surface area contributed by atoms with Crippen LogP contribution in [0.5, 0.6) is 0 Å². The Hall–Kier alpha value is 0.104. The smallest absolute Gasteiger partial charge is 0.233 e. The van der Waals surface area contributed by atoms with Gasteiger partial charge in [-0.1, -0.05) is 62.3 Å². The summed E-state index contributed by atoms with van der Waals surface area (Å²) in [6, 6.07) is 0. The molecule has 0 aliphatic carbocycles. The second kappa shape index (κ2) is 41.5. The zero-order valence-corrected chi connectivity index (χ0v) is 24.5. The van der Waals surface area contributed by atoms with Crippen molar-refractivity contribution in [3.05, 3.63) is 37.5 Å². The van der Waals surface area contributed by atoms with Crippen molar-refractivity contribution >= 4 is 0 Å². The van der Waals surface area contributed by atoms with Gasteiger partial charge in [0.05, 0.1) is 0 Å². The average Bonchev–Trinajstić information content (AvgIpc) is 2.80. The van der Waals surface area contributed by atoms with Crippen LogP contribution < -0.4 is 9.13 Å². The molecule has 4 nitrogen and oxygen atoms in total. The van der Waals surface area contributed by atoms with Crippen LogP contribution in [-0.4, -0.2) is 37.6 Å². The third-order valence-corrected chi connectivity index (χ3v) is 3.23. The molecule has 1 aliphatic heterocycles. The van der Waals surface area contributed by atoms with Crippen LogP contribution in [0.1, 0.15) is 76.2 Å². The van der Waals surface area contributed by atoms with E-state index in [2.05, 4.69) is 64.9 Å². The largest absolute Gasteiger partial charge is 0.660 e. The molecule has 5 heteroatoms. The molecule has 0 aromatic carbocycles. The van der Waals surface area contributed by atoms with E-state index in [1.165, 1.54) is 19.6 Å². The Bertz CT molecular complexity index is 290. The van der Waals surface area contributed by atoms with Crippen molar-refractivity contribution in [2.75, 3.05) is 32.7 Å². The van der Waals surface area contributed by atoms with Gasteiger partial charge in [0.2, 0.25) is 24.8 Å². The molecule has 2 heterocycles. The molecular weight excluding hydrogens is 421 g/mol. The Kier molecular flexibility index (Phi) is 62.6. The van der Waals surface area contributed by atoms with Gasteiger partial charge in [-0.25, -0.2) is 0 Å². The SMILES string of the molecule is CC.CC.CC.CC.CCN1CC[N-]CC1.CC[n+]1cc[n+](CC)cc1.[CH3-].[Y]. The minimum atomic E-state index is 0. The molecule has 0 atom stereocenters. The van der Waals surface area contributed by atoms with E-state index in [1.807, 2.05) is 55.4 Å².